The molecule has 0 aromatic heterocycles. The molecule has 0 saturated heterocycles. The van der Waals surface area contributed by atoms with Crippen molar-refractivity contribution in [3.63, 3.8) is 0 Å². The Hall–Kier alpha value is -2.05. The van der Waals surface area contributed by atoms with Gasteiger partial charge in [0, 0.05) is 11.8 Å². The summed E-state index contributed by atoms with van der Waals surface area (Å²) in [5.41, 5.74) is 1.33. The normalized spacial score (nSPS) is 12.3. The highest BCUT2D eigenvalue weighted by molar-refractivity contribution is 5.85. The molecule has 0 spiro atoms. The molecular weight excluding hydrogens is 236 g/mol. The average Bonchev–Trinajstić information content (AvgIpc) is 2.43. The first-order valence-corrected chi connectivity index (χ1v) is 5.19. The summed E-state index contributed by atoms with van der Waals surface area (Å²) in [7, 11) is 1.26. The zero-order chi connectivity index (χ0) is 13.4. The molecule has 0 amide bonds. The van der Waals surface area contributed by atoms with Crippen LogP contribution in [0.2, 0.25) is 0 Å². The number of nitrogens with two attached hydrogens (primary N) is 1. The van der Waals surface area contributed by atoms with Gasteiger partial charge in [0.25, 0.3) is 0 Å². The van der Waals surface area contributed by atoms with E-state index >= 15 is 0 Å². The second-order valence-electron chi connectivity index (χ2n) is 3.43. The number of benzene rings is 1. The van der Waals surface area contributed by atoms with E-state index in [0.717, 1.165) is 11.8 Å². The van der Waals surface area contributed by atoms with Crippen LogP contribution < -0.4 is 5.90 Å². The predicted molar refractivity (Wildman–Crippen MR) is 65.4 cm³/mol. The fourth-order valence-electron chi connectivity index (χ4n) is 1.24. The van der Waals surface area contributed by atoms with Crippen LogP contribution in [0.4, 0.5) is 0 Å². The average molecular weight is 250 g/mol. The first-order chi connectivity index (χ1) is 8.71. The summed E-state index contributed by atoms with van der Waals surface area (Å²) < 4.78 is 4.56. The smallest absolute Gasteiger partial charge is 0.333 e. The Morgan fingerprint density at radius 1 is 1.39 bits per heavy atom. The molecule has 1 rings (SSSR count). The minimum absolute atomic E-state index is 0.0599. The number of hydrogen-bond acceptors (Lipinski definition) is 6. The molecule has 0 aliphatic heterocycles. The lowest BCUT2D eigenvalue weighted by Gasteiger charge is -2.07. The van der Waals surface area contributed by atoms with Crippen LogP contribution in [0.5, 0.6) is 0 Å². The van der Waals surface area contributed by atoms with Crippen LogP contribution in [0, 0.1) is 0 Å². The maximum Gasteiger partial charge on any atom is 0.333 e. The van der Waals surface area contributed by atoms with Crippen molar-refractivity contribution < 1.29 is 19.2 Å². The van der Waals surface area contributed by atoms with Gasteiger partial charge in [-0.1, -0.05) is 24.3 Å². The molecule has 1 atom stereocenters. The summed E-state index contributed by atoms with van der Waals surface area (Å²) in [6.45, 7) is -0.0599. The van der Waals surface area contributed by atoms with E-state index in [1.54, 1.807) is 24.3 Å². The minimum atomic E-state index is -0.800. The standard InChI is InChI=1S/C12H14N2O4/c1-17-12(16)11(8-18-13)14-6-9-2-4-10(7-15)5-3-9/h2-7,11H,8,13H2,1H3. The molecule has 1 aromatic rings. The van der Waals surface area contributed by atoms with Crippen LogP contribution in [-0.4, -0.2) is 38.2 Å². The summed E-state index contributed by atoms with van der Waals surface area (Å²) in [5, 5.41) is 0. The highest BCUT2D eigenvalue weighted by Gasteiger charge is 2.16. The van der Waals surface area contributed by atoms with E-state index in [9.17, 15) is 9.59 Å². The van der Waals surface area contributed by atoms with Gasteiger partial charge in [0.1, 0.15) is 12.9 Å². The van der Waals surface area contributed by atoms with Crippen LogP contribution in [-0.2, 0) is 14.4 Å². The Morgan fingerprint density at radius 3 is 2.50 bits per heavy atom. The Morgan fingerprint density at radius 2 is 2.00 bits per heavy atom. The lowest BCUT2D eigenvalue weighted by atomic mass is 10.2. The molecule has 18 heavy (non-hydrogen) atoms. The van der Waals surface area contributed by atoms with Gasteiger partial charge >= 0.3 is 5.97 Å². The quantitative estimate of drug-likeness (QED) is 0.340. The molecule has 6 heteroatoms. The van der Waals surface area contributed by atoms with Gasteiger partial charge in [-0.3, -0.25) is 9.79 Å². The van der Waals surface area contributed by atoms with Gasteiger partial charge in [-0.05, 0) is 5.56 Å². The minimum Gasteiger partial charge on any atom is -0.467 e. The summed E-state index contributed by atoms with van der Waals surface area (Å²) >= 11 is 0. The number of methoxy groups -OCH3 is 1. The van der Waals surface area contributed by atoms with Crippen molar-refractivity contribution in [3.05, 3.63) is 35.4 Å². The molecule has 2 N–H and O–H groups in total. The van der Waals surface area contributed by atoms with Crippen molar-refractivity contribution in [1.29, 1.82) is 0 Å². The molecule has 0 saturated carbocycles. The highest BCUT2D eigenvalue weighted by Crippen LogP contribution is 2.01. The van der Waals surface area contributed by atoms with Gasteiger partial charge in [-0.2, -0.15) is 0 Å². The summed E-state index contributed by atoms with van der Waals surface area (Å²) in [6, 6.07) is 5.93. The SMILES string of the molecule is COC(=O)C(CON)N=Cc1ccc(C=O)cc1. The van der Waals surface area contributed by atoms with Crippen LogP contribution in [0.15, 0.2) is 29.3 Å². The monoisotopic (exact) mass is 250 g/mol. The van der Waals surface area contributed by atoms with Crippen LogP contribution in [0.3, 0.4) is 0 Å². The predicted octanol–water partition coefficient (Wildman–Crippen LogP) is 0.350. The number of aliphatic imine (C=N–C) groups is 1. The van der Waals surface area contributed by atoms with Crippen molar-refractivity contribution in [2.75, 3.05) is 13.7 Å². The number of ether oxygens (including phenoxy) is 1. The number of aldehydes is 1. The third-order valence-corrected chi connectivity index (χ3v) is 2.20. The van der Waals surface area contributed by atoms with Gasteiger partial charge in [0.15, 0.2) is 6.04 Å². The van der Waals surface area contributed by atoms with Crippen LogP contribution >= 0.6 is 0 Å². The van der Waals surface area contributed by atoms with E-state index in [1.165, 1.54) is 13.3 Å². The van der Waals surface area contributed by atoms with Crippen molar-refractivity contribution >= 4 is 18.5 Å². The number of esters is 1. The maximum absolute atomic E-state index is 11.3. The van der Waals surface area contributed by atoms with Gasteiger partial charge < -0.3 is 9.57 Å². The lowest BCUT2D eigenvalue weighted by Crippen LogP contribution is -2.27. The second-order valence-corrected chi connectivity index (χ2v) is 3.43. The van der Waals surface area contributed by atoms with Crippen molar-refractivity contribution in [2.45, 2.75) is 6.04 Å². The summed E-state index contributed by atoms with van der Waals surface area (Å²) in [5.74, 6) is 4.38. The highest BCUT2D eigenvalue weighted by atomic mass is 16.6. The van der Waals surface area contributed by atoms with E-state index in [1.807, 2.05) is 0 Å². The van der Waals surface area contributed by atoms with Gasteiger partial charge in [-0.25, -0.2) is 10.7 Å². The van der Waals surface area contributed by atoms with Crippen LogP contribution in [0.1, 0.15) is 15.9 Å². The first-order valence-electron chi connectivity index (χ1n) is 5.19. The molecule has 0 bridgehead atoms. The zero-order valence-corrected chi connectivity index (χ0v) is 9.91. The lowest BCUT2D eigenvalue weighted by molar-refractivity contribution is -0.143. The number of carbonyl (C=O) groups excluding carboxylic acids is 2. The molecule has 1 unspecified atom stereocenters. The van der Waals surface area contributed by atoms with Gasteiger partial charge in [0.05, 0.1) is 7.11 Å². The topological polar surface area (TPSA) is 91.0 Å². The fourth-order valence-corrected chi connectivity index (χ4v) is 1.24. The van der Waals surface area contributed by atoms with Crippen molar-refractivity contribution in [1.82, 2.24) is 0 Å². The van der Waals surface area contributed by atoms with E-state index in [4.69, 9.17) is 5.90 Å². The maximum atomic E-state index is 11.3. The van der Waals surface area contributed by atoms with E-state index in [-0.39, 0.29) is 6.61 Å². The van der Waals surface area contributed by atoms with Crippen molar-refractivity contribution in [2.24, 2.45) is 10.9 Å². The van der Waals surface area contributed by atoms with E-state index in [2.05, 4.69) is 14.6 Å². The Labute approximate surface area is 104 Å². The molecule has 0 heterocycles. The van der Waals surface area contributed by atoms with Gasteiger partial charge in [0.2, 0.25) is 0 Å². The molecule has 0 fully saturated rings. The molecule has 0 radical (unpaired) electrons. The molecule has 0 aliphatic carbocycles. The molecule has 96 valence electrons. The summed E-state index contributed by atoms with van der Waals surface area (Å²) in [4.78, 5) is 30.2. The Balaban J connectivity index is 2.74. The first kappa shape index (κ1) is 14.0. The molecule has 0 aliphatic rings. The largest absolute Gasteiger partial charge is 0.467 e. The molecule has 6 nitrogen and oxygen atoms in total. The number of hydrogen-bond donors (Lipinski definition) is 1. The summed E-state index contributed by atoms with van der Waals surface area (Å²) in [6.07, 6.45) is 2.25. The number of rotatable bonds is 6. The Bertz CT molecular complexity index is 428. The van der Waals surface area contributed by atoms with E-state index in [0.29, 0.717) is 5.56 Å². The van der Waals surface area contributed by atoms with Gasteiger partial charge in [-0.15, -0.1) is 0 Å². The van der Waals surface area contributed by atoms with Crippen molar-refractivity contribution in [3.8, 4) is 0 Å². The third-order valence-electron chi connectivity index (χ3n) is 2.20. The number of nitrogens with zero attached hydrogens (tertiary/aromatic N) is 1. The fraction of sp³-hybridized carbons (Fsp3) is 0.250. The second kappa shape index (κ2) is 7.31. The molecular formula is C12H14N2O4. The Kier molecular flexibility index (Phi) is 5.69. The van der Waals surface area contributed by atoms with E-state index < -0.39 is 12.0 Å². The molecule has 1 aromatic carbocycles. The third kappa shape index (κ3) is 4.08. The zero-order valence-electron chi connectivity index (χ0n) is 9.91. The number of carbonyl (C=O) groups is 2. The van der Waals surface area contributed by atoms with Crippen LogP contribution in [0.25, 0.3) is 0 Å².